The van der Waals surface area contributed by atoms with Gasteiger partial charge < -0.3 is 14.9 Å². The molecule has 1 aromatic carbocycles. The normalized spacial score (nSPS) is 12.5. The summed E-state index contributed by atoms with van der Waals surface area (Å²) in [5, 5.41) is 19.1. The second-order valence-electron chi connectivity index (χ2n) is 3.77. The zero-order valence-corrected chi connectivity index (χ0v) is 11.4. The number of carboxylic acid groups (broad SMARTS) is 1. The van der Waals surface area contributed by atoms with Gasteiger partial charge in [-0.05, 0) is 36.1 Å². The van der Waals surface area contributed by atoms with Gasteiger partial charge in [0.2, 0.25) is 0 Å². The number of carboxylic acids is 1. The molecule has 0 aromatic heterocycles. The predicted octanol–water partition coefficient (Wildman–Crippen LogP) is 2.73. The van der Waals surface area contributed by atoms with Crippen LogP contribution in [0.5, 0.6) is 5.75 Å². The molecule has 0 fully saturated rings. The average molecular weight is 339 g/mol. The average Bonchev–Trinajstić information content (AvgIpc) is 2.35. The summed E-state index contributed by atoms with van der Waals surface area (Å²) in [7, 11) is 0. The maximum absolute atomic E-state index is 12.1. The van der Waals surface area contributed by atoms with Crippen LogP contribution in [0.25, 0.3) is 0 Å². The Hall–Kier alpha value is -1.21. The quantitative estimate of drug-likeness (QED) is 0.750. The molecule has 0 amide bonds. The summed E-state index contributed by atoms with van der Waals surface area (Å²) >= 11 is 3.24. The Morgan fingerprint density at radius 1 is 1.42 bits per heavy atom. The second kappa shape index (κ2) is 7.40. The molecule has 0 saturated carbocycles. The maximum Gasteiger partial charge on any atom is 0.387 e. The van der Waals surface area contributed by atoms with Crippen molar-refractivity contribution < 1.29 is 28.5 Å². The minimum absolute atomic E-state index is 0.0756. The molecule has 0 radical (unpaired) electrons. The summed E-state index contributed by atoms with van der Waals surface area (Å²) in [4.78, 5) is 10.8. The van der Waals surface area contributed by atoms with Crippen molar-refractivity contribution in [3.05, 3.63) is 29.3 Å². The first-order valence-corrected chi connectivity index (χ1v) is 6.62. The van der Waals surface area contributed by atoms with E-state index >= 15 is 0 Å². The van der Waals surface area contributed by atoms with Crippen LogP contribution in [0.2, 0.25) is 0 Å². The first kappa shape index (κ1) is 15.8. The Balaban J connectivity index is 3.06. The largest absolute Gasteiger partial charge is 0.479 e. The molecule has 1 aromatic rings. The Labute approximate surface area is 117 Å². The van der Waals surface area contributed by atoms with Crippen molar-refractivity contribution in [2.24, 2.45) is 0 Å². The summed E-state index contributed by atoms with van der Waals surface area (Å²) < 4.78 is 28.4. The Bertz CT molecular complexity index is 440. The third kappa shape index (κ3) is 4.76. The van der Waals surface area contributed by atoms with Crippen molar-refractivity contribution in [1.82, 2.24) is 0 Å². The fourth-order valence-corrected chi connectivity index (χ4v) is 1.90. The van der Waals surface area contributed by atoms with Gasteiger partial charge in [-0.2, -0.15) is 8.78 Å². The van der Waals surface area contributed by atoms with E-state index in [4.69, 9.17) is 5.11 Å². The number of aliphatic carboxylic acids is 1. The molecule has 7 heteroatoms. The molecular weight excluding hydrogens is 326 g/mol. The standard InChI is InChI=1S/C12H13BrF2O4/c13-5-1-2-7-3-4-8(19-12(14)15)6-9(7)10(16)11(17)18/h3-4,6,10,12,16H,1-2,5H2,(H,17,18). The Morgan fingerprint density at radius 3 is 2.63 bits per heavy atom. The van der Waals surface area contributed by atoms with E-state index in [0.717, 1.165) is 12.5 Å². The smallest absolute Gasteiger partial charge is 0.387 e. The van der Waals surface area contributed by atoms with Gasteiger partial charge in [-0.25, -0.2) is 4.79 Å². The van der Waals surface area contributed by atoms with Crippen LogP contribution in [0, 0.1) is 0 Å². The van der Waals surface area contributed by atoms with E-state index in [1.54, 1.807) is 0 Å². The molecule has 0 spiro atoms. The summed E-state index contributed by atoms with van der Waals surface area (Å²) in [5.41, 5.74) is 0.669. The lowest BCUT2D eigenvalue weighted by molar-refractivity contribution is -0.147. The number of carbonyl (C=O) groups is 1. The molecule has 0 heterocycles. The van der Waals surface area contributed by atoms with Crippen molar-refractivity contribution in [1.29, 1.82) is 0 Å². The lowest BCUT2D eigenvalue weighted by Crippen LogP contribution is -2.13. The van der Waals surface area contributed by atoms with Crippen molar-refractivity contribution in [2.45, 2.75) is 25.6 Å². The van der Waals surface area contributed by atoms with E-state index in [2.05, 4.69) is 20.7 Å². The van der Waals surface area contributed by atoms with Gasteiger partial charge in [-0.1, -0.05) is 22.0 Å². The maximum atomic E-state index is 12.1. The highest BCUT2D eigenvalue weighted by atomic mass is 79.9. The molecule has 0 aliphatic heterocycles. The summed E-state index contributed by atoms with van der Waals surface area (Å²) in [6.45, 7) is -3.00. The third-order valence-electron chi connectivity index (χ3n) is 2.45. The van der Waals surface area contributed by atoms with Gasteiger partial charge >= 0.3 is 12.6 Å². The zero-order chi connectivity index (χ0) is 14.4. The van der Waals surface area contributed by atoms with Gasteiger partial charge in [0.25, 0.3) is 0 Å². The molecule has 19 heavy (non-hydrogen) atoms. The van der Waals surface area contributed by atoms with Crippen LogP contribution >= 0.6 is 15.9 Å². The lowest BCUT2D eigenvalue weighted by Gasteiger charge is -2.14. The minimum atomic E-state index is -3.00. The topological polar surface area (TPSA) is 66.8 Å². The summed E-state index contributed by atoms with van der Waals surface area (Å²) in [5.74, 6) is -1.61. The van der Waals surface area contributed by atoms with Gasteiger partial charge in [0.15, 0.2) is 6.10 Å². The number of hydrogen-bond donors (Lipinski definition) is 2. The first-order chi connectivity index (χ1) is 8.95. The molecule has 0 saturated heterocycles. The number of benzene rings is 1. The molecular formula is C12H13BrF2O4. The second-order valence-corrected chi connectivity index (χ2v) is 4.57. The van der Waals surface area contributed by atoms with Gasteiger partial charge in [-0.3, -0.25) is 0 Å². The molecule has 1 atom stereocenters. The monoisotopic (exact) mass is 338 g/mol. The minimum Gasteiger partial charge on any atom is -0.479 e. The molecule has 0 bridgehead atoms. The molecule has 0 aliphatic carbocycles. The molecule has 1 unspecified atom stereocenters. The Kier molecular flexibility index (Phi) is 6.17. The van der Waals surface area contributed by atoms with Gasteiger partial charge in [0.1, 0.15) is 5.75 Å². The highest BCUT2D eigenvalue weighted by Crippen LogP contribution is 2.26. The fourth-order valence-electron chi connectivity index (χ4n) is 1.62. The van der Waals surface area contributed by atoms with E-state index in [-0.39, 0.29) is 11.3 Å². The SMILES string of the molecule is O=C(O)C(O)c1cc(OC(F)F)ccc1CCCBr. The molecule has 1 rings (SSSR count). The number of halogens is 3. The summed E-state index contributed by atoms with van der Waals surface area (Å²) in [6.07, 6.45) is -0.500. The van der Waals surface area contributed by atoms with E-state index in [9.17, 15) is 18.7 Å². The van der Waals surface area contributed by atoms with Crippen LogP contribution in [0.3, 0.4) is 0 Å². The number of hydrogen-bond acceptors (Lipinski definition) is 3. The number of ether oxygens (including phenoxy) is 1. The lowest BCUT2D eigenvalue weighted by atomic mass is 9.98. The fraction of sp³-hybridized carbons (Fsp3) is 0.417. The van der Waals surface area contributed by atoms with Crippen LogP contribution in [-0.2, 0) is 11.2 Å². The number of aliphatic hydroxyl groups is 1. The molecule has 0 aliphatic rings. The van der Waals surface area contributed by atoms with Crippen molar-refractivity contribution >= 4 is 21.9 Å². The summed E-state index contributed by atoms with van der Waals surface area (Å²) in [6, 6.07) is 3.95. The van der Waals surface area contributed by atoms with Crippen molar-refractivity contribution in [3.63, 3.8) is 0 Å². The van der Waals surface area contributed by atoms with Gasteiger partial charge in [0, 0.05) is 5.33 Å². The third-order valence-corrected chi connectivity index (χ3v) is 3.01. The number of alkyl halides is 3. The van der Waals surface area contributed by atoms with Crippen molar-refractivity contribution in [3.8, 4) is 5.75 Å². The number of aryl methyl sites for hydroxylation is 1. The van der Waals surface area contributed by atoms with E-state index in [0.29, 0.717) is 17.3 Å². The van der Waals surface area contributed by atoms with E-state index in [1.807, 2.05) is 0 Å². The van der Waals surface area contributed by atoms with E-state index in [1.165, 1.54) is 12.1 Å². The zero-order valence-electron chi connectivity index (χ0n) is 9.85. The predicted molar refractivity (Wildman–Crippen MR) is 67.8 cm³/mol. The highest BCUT2D eigenvalue weighted by Gasteiger charge is 2.20. The van der Waals surface area contributed by atoms with Gasteiger partial charge in [-0.15, -0.1) is 0 Å². The number of rotatable bonds is 7. The van der Waals surface area contributed by atoms with Crippen LogP contribution in [0.4, 0.5) is 8.78 Å². The highest BCUT2D eigenvalue weighted by molar-refractivity contribution is 9.09. The van der Waals surface area contributed by atoms with Crippen molar-refractivity contribution in [2.75, 3.05) is 5.33 Å². The number of aliphatic hydroxyl groups excluding tert-OH is 1. The van der Waals surface area contributed by atoms with Crippen LogP contribution in [0.1, 0.15) is 23.7 Å². The first-order valence-electron chi connectivity index (χ1n) is 5.50. The van der Waals surface area contributed by atoms with E-state index < -0.39 is 18.7 Å². The molecule has 4 nitrogen and oxygen atoms in total. The molecule has 106 valence electrons. The van der Waals surface area contributed by atoms with Crippen LogP contribution in [0.15, 0.2) is 18.2 Å². The van der Waals surface area contributed by atoms with Crippen LogP contribution < -0.4 is 4.74 Å². The van der Waals surface area contributed by atoms with Gasteiger partial charge in [0.05, 0.1) is 0 Å². The van der Waals surface area contributed by atoms with Crippen LogP contribution in [-0.4, -0.2) is 28.1 Å². The molecule has 2 N–H and O–H groups in total. The Morgan fingerprint density at radius 2 is 2.11 bits per heavy atom.